The van der Waals surface area contributed by atoms with Gasteiger partial charge in [-0.05, 0) is 31.0 Å². The number of ether oxygens (including phenoxy) is 1. The van der Waals surface area contributed by atoms with Crippen molar-refractivity contribution >= 4 is 0 Å². The summed E-state index contributed by atoms with van der Waals surface area (Å²) in [6, 6.07) is 8.24. The molecule has 0 radical (unpaired) electrons. The van der Waals surface area contributed by atoms with Crippen LogP contribution < -0.4 is 4.74 Å². The van der Waals surface area contributed by atoms with E-state index in [9.17, 15) is 0 Å². The molecule has 90 valence electrons. The summed E-state index contributed by atoms with van der Waals surface area (Å²) in [5.74, 6) is 0.909. The lowest BCUT2D eigenvalue weighted by atomic mass is 10.2. The molecule has 0 unspecified atom stereocenters. The first kappa shape index (κ1) is 11.7. The molecule has 2 aromatic rings. The standard InChI is InChI=1S/C14H18N2O/c1-3-12-5-7-14(8-6-12)17-11-13-9-15-16(4-2)10-13/h5-10H,3-4,11H2,1-2H3. The molecule has 0 N–H and O–H groups in total. The van der Waals surface area contributed by atoms with Crippen LogP contribution in [0.25, 0.3) is 0 Å². The molecule has 0 fully saturated rings. The number of hydrogen-bond acceptors (Lipinski definition) is 2. The van der Waals surface area contributed by atoms with Crippen molar-refractivity contribution in [3.8, 4) is 5.75 Å². The Morgan fingerprint density at radius 2 is 1.88 bits per heavy atom. The summed E-state index contributed by atoms with van der Waals surface area (Å²) in [4.78, 5) is 0. The molecule has 0 aliphatic heterocycles. The van der Waals surface area contributed by atoms with Crippen molar-refractivity contribution in [2.24, 2.45) is 0 Å². The summed E-state index contributed by atoms with van der Waals surface area (Å²) < 4.78 is 7.60. The topological polar surface area (TPSA) is 27.1 Å². The van der Waals surface area contributed by atoms with Crippen LogP contribution in [0.15, 0.2) is 36.7 Å². The van der Waals surface area contributed by atoms with Crippen LogP contribution in [-0.4, -0.2) is 9.78 Å². The summed E-state index contributed by atoms with van der Waals surface area (Å²) in [6.07, 6.45) is 4.92. The molecule has 0 spiro atoms. The molecule has 1 heterocycles. The van der Waals surface area contributed by atoms with E-state index in [4.69, 9.17) is 4.74 Å². The number of hydrogen-bond donors (Lipinski definition) is 0. The Hall–Kier alpha value is -1.77. The van der Waals surface area contributed by atoms with E-state index in [0.29, 0.717) is 6.61 Å². The predicted molar refractivity (Wildman–Crippen MR) is 68.1 cm³/mol. The Kier molecular flexibility index (Phi) is 3.81. The maximum atomic E-state index is 5.70. The number of aryl methyl sites for hydroxylation is 2. The van der Waals surface area contributed by atoms with Crippen molar-refractivity contribution in [3.63, 3.8) is 0 Å². The molecule has 2 rings (SSSR count). The van der Waals surface area contributed by atoms with Gasteiger partial charge in [-0.1, -0.05) is 19.1 Å². The molecule has 1 aromatic carbocycles. The summed E-state index contributed by atoms with van der Waals surface area (Å²) in [6.45, 7) is 5.69. The first-order valence-corrected chi connectivity index (χ1v) is 6.05. The molecule has 0 saturated carbocycles. The van der Waals surface area contributed by atoms with Crippen molar-refractivity contribution in [2.75, 3.05) is 0 Å². The highest BCUT2D eigenvalue weighted by atomic mass is 16.5. The molecule has 0 amide bonds. The zero-order chi connectivity index (χ0) is 12.1. The minimum Gasteiger partial charge on any atom is -0.489 e. The third-order valence-electron chi connectivity index (χ3n) is 2.75. The van der Waals surface area contributed by atoms with E-state index < -0.39 is 0 Å². The van der Waals surface area contributed by atoms with Crippen molar-refractivity contribution in [2.45, 2.75) is 33.4 Å². The first-order valence-electron chi connectivity index (χ1n) is 6.05. The second-order valence-electron chi connectivity index (χ2n) is 3.99. The highest BCUT2D eigenvalue weighted by molar-refractivity contribution is 5.27. The van der Waals surface area contributed by atoms with Gasteiger partial charge in [-0.3, -0.25) is 4.68 Å². The fraction of sp³-hybridized carbons (Fsp3) is 0.357. The normalized spacial score (nSPS) is 10.5. The quantitative estimate of drug-likeness (QED) is 0.789. The number of benzene rings is 1. The summed E-state index contributed by atoms with van der Waals surface area (Å²) in [7, 11) is 0. The van der Waals surface area contributed by atoms with E-state index in [1.54, 1.807) is 0 Å². The Morgan fingerprint density at radius 3 is 2.47 bits per heavy atom. The largest absolute Gasteiger partial charge is 0.489 e. The van der Waals surface area contributed by atoms with E-state index in [1.807, 2.05) is 29.2 Å². The van der Waals surface area contributed by atoms with Gasteiger partial charge in [-0.15, -0.1) is 0 Å². The van der Waals surface area contributed by atoms with Gasteiger partial charge in [0.25, 0.3) is 0 Å². The monoisotopic (exact) mass is 230 g/mol. The first-order chi connectivity index (χ1) is 8.31. The third-order valence-corrected chi connectivity index (χ3v) is 2.75. The van der Waals surface area contributed by atoms with Gasteiger partial charge in [0.15, 0.2) is 0 Å². The van der Waals surface area contributed by atoms with Gasteiger partial charge in [0.05, 0.1) is 6.20 Å². The zero-order valence-corrected chi connectivity index (χ0v) is 10.4. The molecule has 0 atom stereocenters. The van der Waals surface area contributed by atoms with Crippen molar-refractivity contribution in [3.05, 3.63) is 47.8 Å². The maximum Gasteiger partial charge on any atom is 0.119 e. The van der Waals surface area contributed by atoms with Crippen LogP contribution in [0.4, 0.5) is 0 Å². The van der Waals surface area contributed by atoms with Crippen LogP contribution in [0.1, 0.15) is 25.0 Å². The van der Waals surface area contributed by atoms with E-state index >= 15 is 0 Å². The summed E-state index contributed by atoms with van der Waals surface area (Å²) in [5.41, 5.74) is 2.43. The SMILES string of the molecule is CCc1ccc(OCc2cnn(CC)c2)cc1. The second kappa shape index (κ2) is 5.53. The van der Waals surface area contributed by atoms with Crippen molar-refractivity contribution in [1.82, 2.24) is 9.78 Å². The van der Waals surface area contributed by atoms with Crippen LogP contribution in [0, 0.1) is 0 Å². The fourth-order valence-corrected chi connectivity index (χ4v) is 1.64. The number of rotatable bonds is 5. The van der Waals surface area contributed by atoms with Gasteiger partial charge in [0, 0.05) is 18.3 Å². The van der Waals surface area contributed by atoms with Gasteiger partial charge < -0.3 is 4.74 Å². The second-order valence-corrected chi connectivity index (χ2v) is 3.99. The van der Waals surface area contributed by atoms with Gasteiger partial charge in [-0.2, -0.15) is 5.10 Å². The smallest absolute Gasteiger partial charge is 0.119 e. The average molecular weight is 230 g/mol. The minimum absolute atomic E-state index is 0.575. The molecular formula is C14H18N2O. The lowest BCUT2D eigenvalue weighted by Crippen LogP contribution is -1.95. The Bertz CT molecular complexity index is 459. The Labute approximate surface area is 102 Å². The van der Waals surface area contributed by atoms with Gasteiger partial charge >= 0.3 is 0 Å². The molecule has 3 nitrogen and oxygen atoms in total. The van der Waals surface area contributed by atoms with Crippen molar-refractivity contribution in [1.29, 1.82) is 0 Å². The zero-order valence-electron chi connectivity index (χ0n) is 10.4. The highest BCUT2D eigenvalue weighted by Crippen LogP contribution is 2.14. The lowest BCUT2D eigenvalue weighted by molar-refractivity contribution is 0.306. The molecule has 3 heteroatoms. The van der Waals surface area contributed by atoms with E-state index in [0.717, 1.165) is 24.3 Å². The Morgan fingerprint density at radius 1 is 1.12 bits per heavy atom. The molecule has 17 heavy (non-hydrogen) atoms. The lowest BCUT2D eigenvalue weighted by Gasteiger charge is -2.05. The molecule has 0 aliphatic carbocycles. The summed E-state index contributed by atoms with van der Waals surface area (Å²) in [5, 5.41) is 4.21. The predicted octanol–water partition coefficient (Wildman–Crippen LogP) is 3.04. The fourth-order valence-electron chi connectivity index (χ4n) is 1.64. The van der Waals surface area contributed by atoms with Crippen LogP contribution in [0.2, 0.25) is 0 Å². The van der Waals surface area contributed by atoms with Crippen LogP contribution in [0.3, 0.4) is 0 Å². The average Bonchev–Trinajstić information content (AvgIpc) is 2.85. The van der Waals surface area contributed by atoms with Gasteiger partial charge in [0.2, 0.25) is 0 Å². The van der Waals surface area contributed by atoms with E-state index in [2.05, 4.69) is 31.1 Å². The number of nitrogens with zero attached hydrogens (tertiary/aromatic N) is 2. The third kappa shape index (κ3) is 3.09. The van der Waals surface area contributed by atoms with Gasteiger partial charge in [0.1, 0.15) is 12.4 Å². The van der Waals surface area contributed by atoms with Crippen LogP contribution in [-0.2, 0) is 19.6 Å². The molecule has 0 saturated heterocycles. The maximum absolute atomic E-state index is 5.70. The molecule has 1 aromatic heterocycles. The highest BCUT2D eigenvalue weighted by Gasteiger charge is 1.99. The molecule has 0 aliphatic rings. The molecule has 0 bridgehead atoms. The Balaban J connectivity index is 1.92. The van der Waals surface area contributed by atoms with E-state index in [-0.39, 0.29) is 0 Å². The van der Waals surface area contributed by atoms with E-state index in [1.165, 1.54) is 5.56 Å². The number of aromatic nitrogens is 2. The van der Waals surface area contributed by atoms with Gasteiger partial charge in [-0.25, -0.2) is 0 Å². The van der Waals surface area contributed by atoms with Crippen molar-refractivity contribution < 1.29 is 4.74 Å². The van der Waals surface area contributed by atoms with Crippen LogP contribution >= 0.6 is 0 Å². The molecular weight excluding hydrogens is 212 g/mol. The van der Waals surface area contributed by atoms with Crippen LogP contribution in [0.5, 0.6) is 5.75 Å². The minimum atomic E-state index is 0.575. The summed E-state index contributed by atoms with van der Waals surface area (Å²) >= 11 is 0.